The summed E-state index contributed by atoms with van der Waals surface area (Å²) in [5.74, 6) is -0.161. The summed E-state index contributed by atoms with van der Waals surface area (Å²) in [6.07, 6.45) is 0.458. The lowest BCUT2D eigenvalue weighted by atomic mass is 10.1. The Morgan fingerprint density at radius 1 is 1.27 bits per heavy atom. The molecule has 0 spiro atoms. The highest BCUT2D eigenvalue weighted by Gasteiger charge is 2.29. The fourth-order valence-electron chi connectivity index (χ4n) is 2.69. The maximum Gasteiger partial charge on any atom is 0.321 e. The van der Waals surface area contributed by atoms with E-state index in [0.29, 0.717) is 25.1 Å². The Hall–Kier alpha value is -2.09. The van der Waals surface area contributed by atoms with Crippen molar-refractivity contribution in [2.75, 3.05) is 29.5 Å². The lowest BCUT2D eigenvalue weighted by Crippen LogP contribution is -2.35. The molecule has 22 heavy (non-hydrogen) atoms. The Kier molecular flexibility index (Phi) is 3.78. The van der Waals surface area contributed by atoms with Gasteiger partial charge >= 0.3 is 6.03 Å². The van der Waals surface area contributed by atoms with Crippen molar-refractivity contribution in [2.24, 2.45) is 0 Å². The Bertz CT molecular complexity index is 699. The number of hydrogen-bond donors (Lipinski definition) is 2. The third-order valence-electron chi connectivity index (χ3n) is 3.87. The number of carbonyl (C=O) groups excluding carboxylic acids is 2. The summed E-state index contributed by atoms with van der Waals surface area (Å²) in [6.45, 7) is 1.21. The van der Waals surface area contributed by atoms with Crippen LogP contribution in [0.5, 0.6) is 0 Å². The van der Waals surface area contributed by atoms with Crippen LogP contribution >= 0.6 is 0 Å². The molecule has 118 valence electrons. The first-order valence-corrected chi connectivity index (χ1v) is 8.93. The second-order valence-electron chi connectivity index (χ2n) is 5.50. The monoisotopic (exact) mass is 323 g/mol. The van der Waals surface area contributed by atoms with Gasteiger partial charge in [-0.05, 0) is 30.7 Å². The number of benzene rings is 1. The van der Waals surface area contributed by atoms with E-state index in [1.807, 2.05) is 0 Å². The minimum Gasteiger partial charge on any atom is -0.348 e. The molecule has 7 nitrogen and oxygen atoms in total. The van der Waals surface area contributed by atoms with Crippen LogP contribution in [-0.2, 0) is 9.84 Å². The van der Waals surface area contributed by atoms with Gasteiger partial charge in [0.1, 0.15) is 0 Å². The van der Waals surface area contributed by atoms with Gasteiger partial charge in [0.2, 0.25) is 0 Å². The minimum absolute atomic E-state index is 0.00473. The maximum atomic E-state index is 12.1. The fraction of sp³-hybridized carbons (Fsp3) is 0.429. The Labute approximate surface area is 128 Å². The normalized spacial score (nSPS) is 23.4. The van der Waals surface area contributed by atoms with E-state index < -0.39 is 9.84 Å². The summed E-state index contributed by atoms with van der Waals surface area (Å²) in [4.78, 5) is 25.3. The number of rotatable bonds is 3. The Balaban J connectivity index is 1.65. The molecule has 3 rings (SSSR count). The van der Waals surface area contributed by atoms with Crippen LogP contribution in [0.15, 0.2) is 24.3 Å². The number of amides is 3. The van der Waals surface area contributed by atoms with Crippen LogP contribution in [0.3, 0.4) is 0 Å². The van der Waals surface area contributed by atoms with Gasteiger partial charge in [-0.3, -0.25) is 9.69 Å². The third-order valence-corrected chi connectivity index (χ3v) is 5.63. The molecule has 2 aliphatic heterocycles. The van der Waals surface area contributed by atoms with Gasteiger partial charge in [-0.25, -0.2) is 13.2 Å². The zero-order valence-corrected chi connectivity index (χ0v) is 12.7. The molecule has 2 aliphatic rings. The van der Waals surface area contributed by atoms with Crippen molar-refractivity contribution < 1.29 is 18.0 Å². The Morgan fingerprint density at radius 3 is 2.55 bits per heavy atom. The second kappa shape index (κ2) is 5.60. The van der Waals surface area contributed by atoms with Crippen LogP contribution in [0.2, 0.25) is 0 Å². The third kappa shape index (κ3) is 3.06. The van der Waals surface area contributed by atoms with Crippen LogP contribution in [0.4, 0.5) is 10.5 Å². The molecular weight excluding hydrogens is 306 g/mol. The maximum absolute atomic E-state index is 12.1. The SMILES string of the molecule is O=C(NC1CCS(=O)(=O)C1)c1ccc(N2CCNC2=O)cc1. The lowest BCUT2D eigenvalue weighted by Gasteiger charge is -2.15. The van der Waals surface area contributed by atoms with Crippen molar-refractivity contribution in [3.05, 3.63) is 29.8 Å². The molecule has 3 amide bonds. The average Bonchev–Trinajstić information content (AvgIpc) is 3.04. The molecule has 2 saturated heterocycles. The van der Waals surface area contributed by atoms with Gasteiger partial charge in [-0.15, -0.1) is 0 Å². The van der Waals surface area contributed by atoms with Crippen LogP contribution in [0, 0.1) is 0 Å². The summed E-state index contributed by atoms with van der Waals surface area (Å²) in [6, 6.07) is 6.24. The van der Waals surface area contributed by atoms with Gasteiger partial charge in [-0.2, -0.15) is 0 Å². The molecule has 1 atom stereocenters. The summed E-state index contributed by atoms with van der Waals surface area (Å²) >= 11 is 0. The predicted molar refractivity (Wildman–Crippen MR) is 81.7 cm³/mol. The molecule has 0 aliphatic carbocycles. The lowest BCUT2D eigenvalue weighted by molar-refractivity contribution is 0.0941. The smallest absolute Gasteiger partial charge is 0.321 e. The number of urea groups is 1. The van der Waals surface area contributed by atoms with E-state index in [9.17, 15) is 18.0 Å². The molecule has 0 radical (unpaired) electrons. The van der Waals surface area contributed by atoms with E-state index in [2.05, 4.69) is 10.6 Å². The zero-order chi connectivity index (χ0) is 15.7. The van der Waals surface area contributed by atoms with Crippen molar-refractivity contribution in [1.29, 1.82) is 0 Å². The number of anilines is 1. The molecule has 1 unspecified atom stereocenters. The van der Waals surface area contributed by atoms with Gasteiger partial charge in [0.15, 0.2) is 9.84 Å². The zero-order valence-electron chi connectivity index (χ0n) is 11.9. The van der Waals surface area contributed by atoms with Crippen molar-refractivity contribution in [1.82, 2.24) is 10.6 Å². The van der Waals surface area contributed by atoms with Crippen molar-refractivity contribution in [3.8, 4) is 0 Å². The number of hydrogen-bond acceptors (Lipinski definition) is 4. The average molecular weight is 323 g/mol. The van der Waals surface area contributed by atoms with E-state index in [-0.39, 0.29) is 29.5 Å². The fourth-order valence-corrected chi connectivity index (χ4v) is 4.36. The van der Waals surface area contributed by atoms with Crippen molar-refractivity contribution >= 4 is 27.5 Å². The molecule has 1 aromatic rings. The van der Waals surface area contributed by atoms with Crippen LogP contribution in [0.1, 0.15) is 16.8 Å². The molecule has 2 fully saturated rings. The summed E-state index contributed by atoms with van der Waals surface area (Å²) in [5.41, 5.74) is 1.18. The van der Waals surface area contributed by atoms with Crippen LogP contribution in [0.25, 0.3) is 0 Å². The number of nitrogens with zero attached hydrogens (tertiary/aromatic N) is 1. The number of nitrogens with one attached hydrogen (secondary N) is 2. The predicted octanol–water partition coefficient (Wildman–Crippen LogP) is 0.133. The van der Waals surface area contributed by atoms with Gasteiger partial charge in [0, 0.05) is 30.4 Å². The molecule has 1 aromatic carbocycles. The summed E-state index contributed by atoms with van der Waals surface area (Å²) in [7, 11) is -3.01. The van der Waals surface area contributed by atoms with E-state index in [4.69, 9.17) is 0 Å². The molecule has 0 bridgehead atoms. The molecular formula is C14H17N3O4S. The standard InChI is InChI=1S/C14H17N3O4S/c18-13(16-11-5-8-22(20,21)9-11)10-1-3-12(4-2-10)17-7-6-15-14(17)19/h1-4,11H,5-9H2,(H,15,19)(H,16,18). The highest BCUT2D eigenvalue weighted by Crippen LogP contribution is 2.18. The molecule has 8 heteroatoms. The minimum atomic E-state index is -3.01. The largest absolute Gasteiger partial charge is 0.348 e. The van der Waals surface area contributed by atoms with Crippen molar-refractivity contribution in [3.63, 3.8) is 0 Å². The number of carbonyl (C=O) groups is 2. The summed E-state index contributed by atoms with van der Waals surface area (Å²) in [5, 5.41) is 5.45. The van der Waals surface area contributed by atoms with Gasteiger partial charge in [-0.1, -0.05) is 0 Å². The van der Waals surface area contributed by atoms with Crippen molar-refractivity contribution in [2.45, 2.75) is 12.5 Å². The van der Waals surface area contributed by atoms with Gasteiger partial charge in [0.05, 0.1) is 11.5 Å². The molecule has 2 N–H and O–H groups in total. The first kappa shape index (κ1) is 14.8. The molecule has 2 heterocycles. The van der Waals surface area contributed by atoms with Crippen LogP contribution in [-0.4, -0.2) is 51.0 Å². The Morgan fingerprint density at radius 2 is 2.00 bits per heavy atom. The van der Waals surface area contributed by atoms with E-state index >= 15 is 0 Å². The van der Waals surface area contributed by atoms with E-state index in [0.717, 1.165) is 5.69 Å². The van der Waals surface area contributed by atoms with Crippen LogP contribution < -0.4 is 15.5 Å². The van der Waals surface area contributed by atoms with Gasteiger partial charge < -0.3 is 10.6 Å². The van der Waals surface area contributed by atoms with Gasteiger partial charge in [0.25, 0.3) is 5.91 Å². The molecule has 0 saturated carbocycles. The summed E-state index contributed by atoms with van der Waals surface area (Å²) < 4.78 is 22.8. The second-order valence-corrected chi connectivity index (χ2v) is 7.73. The first-order valence-electron chi connectivity index (χ1n) is 7.11. The number of sulfone groups is 1. The highest BCUT2D eigenvalue weighted by molar-refractivity contribution is 7.91. The topological polar surface area (TPSA) is 95.6 Å². The van der Waals surface area contributed by atoms with E-state index in [1.165, 1.54) is 0 Å². The first-order chi connectivity index (χ1) is 10.4. The van der Waals surface area contributed by atoms with E-state index in [1.54, 1.807) is 29.2 Å². The highest BCUT2D eigenvalue weighted by atomic mass is 32.2. The molecule has 0 aromatic heterocycles. The quantitative estimate of drug-likeness (QED) is 0.827.